The lowest BCUT2D eigenvalue weighted by Gasteiger charge is -2.08. The number of hydrogen-bond donors (Lipinski definition) is 0. The van der Waals surface area contributed by atoms with Gasteiger partial charge in [0.15, 0.2) is 11.5 Å². The molecule has 1 aromatic carbocycles. The first-order valence-electron chi connectivity index (χ1n) is 6.96. The van der Waals surface area contributed by atoms with Crippen LogP contribution < -0.4 is 9.47 Å². The second kappa shape index (κ2) is 6.79. The van der Waals surface area contributed by atoms with Gasteiger partial charge in [0.25, 0.3) is 0 Å². The second-order valence-electron chi connectivity index (χ2n) is 4.71. The number of hydrogen-bond acceptors (Lipinski definition) is 6. The van der Waals surface area contributed by atoms with Gasteiger partial charge in [0.2, 0.25) is 5.76 Å². The van der Waals surface area contributed by atoms with Gasteiger partial charge in [0, 0.05) is 11.3 Å². The summed E-state index contributed by atoms with van der Waals surface area (Å²) in [5.41, 5.74) is 0. The van der Waals surface area contributed by atoms with E-state index in [1.54, 1.807) is 23.9 Å². The molecule has 0 radical (unpaired) electrons. The maximum atomic E-state index is 11.3. The molecule has 1 aliphatic rings. The summed E-state index contributed by atoms with van der Waals surface area (Å²) in [6.45, 7) is 1.35. The Morgan fingerprint density at radius 3 is 2.82 bits per heavy atom. The third-order valence-electron chi connectivity index (χ3n) is 3.15. The Hall–Kier alpha value is -2.08. The van der Waals surface area contributed by atoms with Crippen molar-refractivity contribution in [2.45, 2.75) is 17.1 Å². The van der Waals surface area contributed by atoms with Gasteiger partial charge in [-0.15, -0.1) is 11.8 Å². The highest BCUT2D eigenvalue weighted by molar-refractivity contribution is 7.98. The van der Waals surface area contributed by atoms with Crippen LogP contribution in [0, 0.1) is 0 Å². The molecule has 0 unspecified atom stereocenters. The van der Waals surface area contributed by atoms with Crippen molar-refractivity contribution >= 4 is 17.7 Å². The number of esters is 1. The molecule has 6 heteroatoms. The quantitative estimate of drug-likeness (QED) is 0.634. The summed E-state index contributed by atoms with van der Waals surface area (Å²) >= 11 is 1.60. The zero-order chi connectivity index (χ0) is 15.4. The average Bonchev–Trinajstić information content (AvgIpc) is 2.90. The van der Waals surface area contributed by atoms with Gasteiger partial charge >= 0.3 is 5.97 Å². The molecule has 1 aromatic heterocycles. The SMILES string of the molecule is COC(=O)c1ccc(CSc2ccc3c(c2)OCCCO3)o1. The van der Waals surface area contributed by atoms with Crippen LogP contribution >= 0.6 is 11.8 Å². The fraction of sp³-hybridized carbons (Fsp3) is 0.312. The molecular weight excluding hydrogens is 304 g/mol. The highest BCUT2D eigenvalue weighted by Gasteiger charge is 2.13. The van der Waals surface area contributed by atoms with Crippen LogP contribution in [-0.2, 0) is 10.5 Å². The third kappa shape index (κ3) is 3.39. The fourth-order valence-electron chi connectivity index (χ4n) is 2.05. The minimum atomic E-state index is -0.466. The molecule has 2 heterocycles. The van der Waals surface area contributed by atoms with Crippen molar-refractivity contribution in [2.24, 2.45) is 0 Å². The highest BCUT2D eigenvalue weighted by Crippen LogP contribution is 2.35. The number of carbonyl (C=O) groups is 1. The summed E-state index contributed by atoms with van der Waals surface area (Å²) in [5, 5.41) is 0. The molecule has 0 saturated carbocycles. The minimum Gasteiger partial charge on any atom is -0.490 e. The summed E-state index contributed by atoms with van der Waals surface area (Å²) in [6.07, 6.45) is 0.889. The van der Waals surface area contributed by atoms with Crippen molar-refractivity contribution in [3.63, 3.8) is 0 Å². The number of fused-ring (bicyclic) bond motifs is 1. The first-order valence-corrected chi connectivity index (χ1v) is 7.94. The molecule has 22 heavy (non-hydrogen) atoms. The Bertz CT molecular complexity index is 664. The van der Waals surface area contributed by atoms with Gasteiger partial charge in [-0.2, -0.15) is 0 Å². The van der Waals surface area contributed by atoms with Crippen molar-refractivity contribution in [1.29, 1.82) is 0 Å². The number of benzene rings is 1. The van der Waals surface area contributed by atoms with Gasteiger partial charge in [-0.1, -0.05) is 0 Å². The number of thioether (sulfide) groups is 1. The van der Waals surface area contributed by atoms with E-state index >= 15 is 0 Å². The molecule has 0 spiro atoms. The minimum absolute atomic E-state index is 0.219. The van der Waals surface area contributed by atoms with Crippen LogP contribution in [0.2, 0.25) is 0 Å². The lowest BCUT2D eigenvalue weighted by Crippen LogP contribution is -1.98. The van der Waals surface area contributed by atoms with E-state index in [0.717, 1.165) is 28.6 Å². The van der Waals surface area contributed by atoms with Crippen LogP contribution in [0.15, 0.2) is 39.6 Å². The van der Waals surface area contributed by atoms with Crippen molar-refractivity contribution < 1.29 is 23.4 Å². The Kier molecular flexibility index (Phi) is 4.58. The summed E-state index contributed by atoms with van der Waals surface area (Å²) in [6, 6.07) is 9.28. The molecule has 0 N–H and O–H groups in total. The van der Waals surface area contributed by atoms with Crippen LogP contribution in [-0.4, -0.2) is 26.3 Å². The van der Waals surface area contributed by atoms with E-state index in [2.05, 4.69) is 4.74 Å². The summed E-state index contributed by atoms with van der Waals surface area (Å²) in [7, 11) is 1.33. The van der Waals surface area contributed by atoms with Crippen LogP contribution in [0.4, 0.5) is 0 Å². The van der Waals surface area contributed by atoms with Gasteiger partial charge in [-0.25, -0.2) is 4.79 Å². The Morgan fingerprint density at radius 2 is 2.00 bits per heavy atom. The molecule has 3 rings (SSSR count). The maximum Gasteiger partial charge on any atom is 0.373 e. The molecule has 0 saturated heterocycles. The predicted octanol–water partition coefficient (Wildman–Crippen LogP) is 3.52. The highest BCUT2D eigenvalue weighted by atomic mass is 32.2. The molecule has 1 aliphatic heterocycles. The standard InChI is InChI=1S/C16H16O5S/c1-18-16(17)14-5-3-11(21-14)10-22-12-4-6-13-15(9-12)20-8-2-7-19-13/h3-6,9H,2,7-8,10H2,1H3. The lowest BCUT2D eigenvalue weighted by molar-refractivity contribution is 0.0563. The Labute approximate surface area is 132 Å². The van der Waals surface area contributed by atoms with Crippen molar-refractivity contribution in [1.82, 2.24) is 0 Å². The van der Waals surface area contributed by atoms with E-state index in [4.69, 9.17) is 13.9 Å². The average molecular weight is 320 g/mol. The monoisotopic (exact) mass is 320 g/mol. The number of methoxy groups -OCH3 is 1. The maximum absolute atomic E-state index is 11.3. The predicted molar refractivity (Wildman–Crippen MR) is 81.7 cm³/mol. The normalized spacial score (nSPS) is 13.5. The van der Waals surface area contributed by atoms with E-state index in [-0.39, 0.29) is 5.76 Å². The summed E-state index contributed by atoms with van der Waals surface area (Å²) in [5.74, 6) is 2.66. The van der Waals surface area contributed by atoms with Crippen LogP contribution in [0.1, 0.15) is 22.7 Å². The van der Waals surface area contributed by atoms with E-state index in [1.807, 2.05) is 18.2 Å². The Morgan fingerprint density at radius 1 is 1.18 bits per heavy atom. The zero-order valence-electron chi connectivity index (χ0n) is 12.2. The number of carbonyl (C=O) groups excluding carboxylic acids is 1. The van der Waals surface area contributed by atoms with Crippen LogP contribution in [0.25, 0.3) is 0 Å². The van der Waals surface area contributed by atoms with Gasteiger partial charge in [0.1, 0.15) is 5.76 Å². The molecule has 116 valence electrons. The molecular formula is C16H16O5S. The molecule has 0 atom stereocenters. The smallest absolute Gasteiger partial charge is 0.373 e. The Balaban J connectivity index is 1.65. The first-order chi connectivity index (χ1) is 10.8. The van der Waals surface area contributed by atoms with Gasteiger partial charge in [-0.05, 0) is 30.3 Å². The third-order valence-corrected chi connectivity index (χ3v) is 4.16. The van der Waals surface area contributed by atoms with Crippen molar-refractivity contribution in [3.05, 3.63) is 41.9 Å². The molecule has 0 bridgehead atoms. The van der Waals surface area contributed by atoms with Crippen LogP contribution in [0.3, 0.4) is 0 Å². The van der Waals surface area contributed by atoms with Gasteiger partial charge in [0.05, 0.1) is 26.1 Å². The number of rotatable bonds is 4. The van der Waals surface area contributed by atoms with Crippen molar-refractivity contribution in [2.75, 3.05) is 20.3 Å². The fourth-order valence-corrected chi connectivity index (χ4v) is 2.87. The summed E-state index contributed by atoms with van der Waals surface area (Å²) in [4.78, 5) is 12.4. The lowest BCUT2D eigenvalue weighted by atomic mass is 10.3. The second-order valence-corrected chi connectivity index (χ2v) is 5.75. The van der Waals surface area contributed by atoms with Gasteiger partial charge in [-0.3, -0.25) is 0 Å². The first kappa shape index (κ1) is 14.8. The molecule has 2 aromatic rings. The van der Waals surface area contributed by atoms with E-state index in [9.17, 15) is 4.79 Å². The molecule has 0 aliphatic carbocycles. The zero-order valence-corrected chi connectivity index (χ0v) is 13.0. The topological polar surface area (TPSA) is 57.9 Å². The number of ether oxygens (including phenoxy) is 3. The van der Waals surface area contributed by atoms with Crippen LogP contribution in [0.5, 0.6) is 11.5 Å². The van der Waals surface area contributed by atoms with Gasteiger partial charge < -0.3 is 18.6 Å². The van der Waals surface area contributed by atoms with E-state index in [0.29, 0.717) is 19.0 Å². The molecule has 0 amide bonds. The largest absolute Gasteiger partial charge is 0.490 e. The molecule has 0 fully saturated rings. The van der Waals surface area contributed by atoms with E-state index in [1.165, 1.54) is 7.11 Å². The number of furan rings is 1. The van der Waals surface area contributed by atoms with Crippen molar-refractivity contribution in [3.8, 4) is 11.5 Å². The summed E-state index contributed by atoms with van der Waals surface area (Å²) < 4.78 is 21.3. The van der Waals surface area contributed by atoms with E-state index < -0.39 is 5.97 Å². The molecule has 5 nitrogen and oxygen atoms in total.